The summed E-state index contributed by atoms with van der Waals surface area (Å²) in [5.41, 5.74) is 4.66. The molecular weight excluding hydrogens is 410 g/mol. The number of aliphatic hydroxyl groups excluding tert-OH is 2. The van der Waals surface area contributed by atoms with E-state index in [1.54, 1.807) is 37.4 Å². The maximum atomic E-state index is 9.71. The summed E-state index contributed by atoms with van der Waals surface area (Å²) in [4.78, 5) is 11.3. The third-order valence-electron chi connectivity index (χ3n) is 5.07. The smallest absolute Gasteiger partial charge is 0.124 e. The van der Waals surface area contributed by atoms with E-state index in [0.717, 1.165) is 22.5 Å². The minimum Gasteiger partial charge on any atom is -0.497 e. The predicted octanol–water partition coefficient (Wildman–Crippen LogP) is 2.63. The van der Waals surface area contributed by atoms with E-state index < -0.39 is 0 Å². The monoisotopic (exact) mass is 435 g/mol. The van der Waals surface area contributed by atoms with Crippen LogP contribution in [0.1, 0.15) is 0 Å². The number of rotatable bonds is 9. The lowest BCUT2D eigenvalue weighted by Gasteiger charge is -2.25. The van der Waals surface area contributed by atoms with Crippen LogP contribution in [0.2, 0.25) is 0 Å². The van der Waals surface area contributed by atoms with Crippen molar-refractivity contribution in [3.05, 3.63) is 55.0 Å². The fourth-order valence-electron chi connectivity index (χ4n) is 3.48. The summed E-state index contributed by atoms with van der Waals surface area (Å²) in [7, 11) is 3.20. The van der Waals surface area contributed by atoms with Crippen LogP contribution < -0.4 is 14.4 Å². The molecule has 9 heteroatoms. The Labute approximate surface area is 185 Å². The molecule has 166 valence electrons. The van der Waals surface area contributed by atoms with Gasteiger partial charge in [0.25, 0.3) is 0 Å². The number of anilines is 2. The Morgan fingerprint density at radius 3 is 2.38 bits per heavy atom. The number of nitrogens with zero attached hydrogens (tertiary/aromatic N) is 5. The lowest BCUT2D eigenvalue weighted by molar-refractivity contribution is 0.269. The van der Waals surface area contributed by atoms with Crippen molar-refractivity contribution < 1.29 is 19.7 Å². The van der Waals surface area contributed by atoms with Crippen molar-refractivity contribution in [1.82, 2.24) is 19.7 Å². The Bertz CT molecular complexity index is 1190. The van der Waals surface area contributed by atoms with Gasteiger partial charge >= 0.3 is 0 Å². The molecule has 0 radical (unpaired) electrons. The highest BCUT2D eigenvalue weighted by molar-refractivity contribution is 5.82. The van der Waals surface area contributed by atoms with Crippen molar-refractivity contribution in [3.63, 3.8) is 0 Å². The SMILES string of the molecule is COc1cc(OC)cc(N(CCO)c2ccc3ncc(-c4cnn(CCO)c4)nc3c2)c1. The summed E-state index contributed by atoms with van der Waals surface area (Å²) in [6.45, 7) is 0.783. The average Bonchev–Trinajstić information content (AvgIpc) is 3.30. The third-order valence-corrected chi connectivity index (χ3v) is 5.07. The van der Waals surface area contributed by atoms with E-state index in [9.17, 15) is 5.11 Å². The highest BCUT2D eigenvalue weighted by Crippen LogP contribution is 2.33. The molecule has 4 rings (SSSR count). The number of aromatic nitrogens is 4. The van der Waals surface area contributed by atoms with Crippen LogP contribution in [0.15, 0.2) is 55.0 Å². The number of fused-ring (bicyclic) bond motifs is 1. The molecule has 0 amide bonds. The van der Waals surface area contributed by atoms with E-state index >= 15 is 0 Å². The maximum absolute atomic E-state index is 9.71. The molecule has 0 saturated carbocycles. The molecule has 2 aromatic heterocycles. The summed E-state index contributed by atoms with van der Waals surface area (Å²) in [6, 6.07) is 11.4. The second-order valence-corrected chi connectivity index (χ2v) is 7.09. The quantitative estimate of drug-likeness (QED) is 0.413. The van der Waals surface area contributed by atoms with Crippen molar-refractivity contribution in [2.45, 2.75) is 6.54 Å². The molecule has 0 atom stereocenters. The van der Waals surface area contributed by atoms with Crippen LogP contribution in [0.5, 0.6) is 11.5 Å². The van der Waals surface area contributed by atoms with Gasteiger partial charge in [0.05, 0.1) is 63.1 Å². The Morgan fingerprint density at radius 1 is 0.906 bits per heavy atom. The van der Waals surface area contributed by atoms with Gasteiger partial charge in [0.15, 0.2) is 0 Å². The molecule has 0 spiro atoms. The molecule has 4 aromatic rings. The Morgan fingerprint density at radius 2 is 1.69 bits per heavy atom. The maximum Gasteiger partial charge on any atom is 0.124 e. The molecule has 2 aromatic carbocycles. The molecule has 0 aliphatic rings. The Kier molecular flexibility index (Phi) is 6.48. The fourth-order valence-corrected chi connectivity index (χ4v) is 3.48. The van der Waals surface area contributed by atoms with Gasteiger partial charge in [-0.05, 0) is 18.2 Å². The molecule has 9 nitrogen and oxygen atoms in total. The summed E-state index contributed by atoms with van der Waals surface area (Å²) >= 11 is 0. The topological polar surface area (TPSA) is 106 Å². The standard InChI is InChI=1S/C23H25N5O4/c1-31-19-9-18(10-20(12-19)32-2)28(6-8-30)17-3-4-21-22(11-17)26-23(14-24-21)16-13-25-27(15-16)5-7-29/h3-4,9-15,29-30H,5-8H2,1-2H3. The normalized spacial score (nSPS) is 11.0. The van der Waals surface area contributed by atoms with E-state index in [0.29, 0.717) is 35.8 Å². The van der Waals surface area contributed by atoms with E-state index in [4.69, 9.17) is 19.6 Å². The van der Waals surface area contributed by atoms with Crippen molar-refractivity contribution in [1.29, 1.82) is 0 Å². The van der Waals surface area contributed by atoms with Crippen LogP contribution in [0.3, 0.4) is 0 Å². The highest BCUT2D eigenvalue weighted by atomic mass is 16.5. The van der Waals surface area contributed by atoms with Crippen LogP contribution in [0.4, 0.5) is 11.4 Å². The minimum absolute atomic E-state index is 0.0175. The average molecular weight is 435 g/mol. The molecule has 0 fully saturated rings. The Balaban J connectivity index is 1.74. The molecule has 0 aliphatic carbocycles. The van der Waals surface area contributed by atoms with Crippen molar-refractivity contribution >= 4 is 22.4 Å². The number of aliphatic hydroxyl groups is 2. The molecule has 0 unspecified atom stereocenters. The molecule has 0 saturated heterocycles. The first kappa shape index (κ1) is 21.5. The largest absolute Gasteiger partial charge is 0.497 e. The van der Waals surface area contributed by atoms with Gasteiger partial charge in [-0.1, -0.05) is 0 Å². The first-order chi connectivity index (χ1) is 15.6. The zero-order valence-corrected chi connectivity index (χ0v) is 18.0. The zero-order valence-electron chi connectivity index (χ0n) is 18.0. The van der Waals surface area contributed by atoms with Gasteiger partial charge in [-0.25, -0.2) is 4.98 Å². The Hall–Kier alpha value is -3.69. The van der Waals surface area contributed by atoms with E-state index in [-0.39, 0.29) is 13.2 Å². The molecule has 0 aliphatic heterocycles. The minimum atomic E-state index is -0.0344. The van der Waals surface area contributed by atoms with Crippen molar-refractivity contribution in [2.24, 2.45) is 0 Å². The number of hydrogen-bond acceptors (Lipinski definition) is 8. The third kappa shape index (κ3) is 4.48. The molecule has 32 heavy (non-hydrogen) atoms. The second kappa shape index (κ2) is 9.63. The fraction of sp³-hybridized carbons (Fsp3) is 0.261. The van der Waals surface area contributed by atoms with E-state index in [1.807, 2.05) is 41.4 Å². The number of benzene rings is 2. The lowest BCUT2D eigenvalue weighted by Crippen LogP contribution is -2.21. The second-order valence-electron chi connectivity index (χ2n) is 7.09. The number of ether oxygens (including phenoxy) is 2. The van der Waals surface area contributed by atoms with E-state index in [1.165, 1.54) is 0 Å². The number of hydrogen-bond donors (Lipinski definition) is 2. The van der Waals surface area contributed by atoms with Crippen LogP contribution >= 0.6 is 0 Å². The summed E-state index contributed by atoms with van der Waals surface area (Å²) in [6.07, 6.45) is 5.24. The zero-order chi connectivity index (χ0) is 22.5. The van der Waals surface area contributed by atoms with Crippen LogP contribution in [-0.2, 0) is 6.54 Å². The van der Waals surface area contributed by atoms with Crippen LogP contribution in [-0.4, -0.2) is 63.9 Å². The van der Waals surface area contributed by atoms with Crippen molar-refractivity contribution in [2.75, 3.05) is 38.9 Å². The van der Waals surface area contributed by atoms with Gasteiger partial charge in [-0.3, -0.25) is 9.67 Å². The first-order valence-electron chi connectivity index (χ1n) is 10.2. The summed E-state index contributed by atoms with van der Waals surface area (Å²) < 4.78 is 12.5. The van der Waals surface area contributed by atoms with Crippen molar-refractivity contribution in [3.8, 4) is 22.8 Å². The van der Waals surface area contributed by atoms with Gasteiger partial charge in [0.2, 0.25) is 0 Å². The summed E-state index contributed by atoms with van der Waals surface area (Å²) in [5.74, 6) is 1.31. The van der Waals surface area contributed by atoms with Gasteiger partial charge in [-0.15, -0.1) is 0 Å². The molecule has 2 heterocycles. The number of methoxy groups -OCH3 is 2. The summed E-state index contributed by atoms with van der Waals surface area (Å²) in [5, 5.41) is 23.0. The van der Waals surface area contributed by atoms with E-state index in [2.05, 4.69) is 10.1 Å². The first-order valence-corrected chi connectivity index (χ1v) is 10.2. The van der Waals surface area contributed by atoms with Gasteiger partial charge < -0.3 is 24.6 Å². The lowest BCUT2D eigenvalue weighted by atomic mass is 10.2. The van der Waals surface area contributed by atoms with Gasteiger partial charge in [-0.2, -0.15) is 5.10 Å². The van der Waals surface area contributed by atoms with Crippen LogP contribution in [0, 0.1) is 0 Å². The molecule has 0 bridgehead atoms. The molecular formula is C23H25N5O4. The highest BCUT2D eigenvalue weighted by Gasteiger charge is 2.14. The van der Waals surface area contributed by atoms with Crippen LogP contribution in [0.25, 0.3) is 22.3 Å². The van der Waals surface area contributed by atoms with Gasteiger partial charge in [0, 0.05) is 47.9 Å². The predicted molar refractivity (Wildman–Crippen MR) is 121 cm³/mol. The van der Waals surface area contributed by atoms with Gasteiger partial charge in [0.1, 0.15) is 11.5 Å². The molecule has 2 N–H and O–H groups in total.